The molecule has 0 bridgehead atoms. The predicted molar refractivity (Wildman–Crippen MR) is 125 cm³/mol. The van der Waals surface area contributed by atoms with Crippen LogP contribution in [0.2, 0.25) is 0 Å². The van der Waals surface area contributed by atoms with E-state index < -0.39 is 6.10 Å². The van der Waals surface area contributed by atoms with E-state index in [0.29, 0.717) is 30.8 Å². The van der Waals surface area contributed by atoms with Gasteiger partial charge in [0.1, 0.15) is 17.8 Å². The number of hydrogen-bond acceptors (Lipinski definition) is 7. The van der Waals surface area contributed by atoms with Crippen molar-refractivity contribution < 1.29 is 19.7 Å². The zero-order chi connectivity index (χ0) is 24.0. The summed E-state index contributed by atoms with van der Waals surface area (Å²) in [6, 6.07) is 7.12. The fourth-order valence-electron chi connectivity index (χ4n) is 3.72. The summed E-state index contributed by atoms with van der Waals surface area (Å²) in [5.74, 6) is 5.50. The van der Waals surface area contributed by atoms with Crippen LogP contribution in [0, 0.1) is 17.8 Å². The van der Waals surface area contributed by atoms with E-state index in [9.17, 15) is 15.0 Å². The highest BCUT2D eigenvalue weighted by Crippen LogP contribution is 2.27. The molecule has 33 heavy (non-hydrogen) atoms. The van der Waals surface area contributed by atoms with Crippen molar-refractivity contribution in [3.63, 3.8) is 0 Å². The van der Waals surface area contributed by atoms with Crippen LogP contribution in [0.1, 0.15) is 42.4 Å². The molecule has 3 heterocycles. The van der Waals surface area contributed by atoms with E-state index in [2.05, 4.69) is 26.7 Å². The summed E-state index contributed by atoms with van der Waals surface area (Å²) in [4.78, 5) is 26.0. The number of carbonyl (C=O) groups is 1. The normalized spacial score (nSPS) is 20.1. The molecule has 0 unspecified atom stereocenters. The lowest BCUT2D eigenvalue weighted by atomic mass is 10.00. The molecule has 8 heteroatoms. The molecule has 1 aliphatic rings. The lowest BCUT2D eigenvalue weighted by molar-refractivity contribution is 0.0324. The van der Waals surface area contributed by atoms with Gasteiger partial charge in [-0.1, -0.05) is 24.8 Å². The maximum absolute atomic E-state index is 13.4. The van der Waals surface area contributed by atoms with Gasteiger partial charge in [0.25, 0.3) is 5.91 Å². The number of carbonyl (C=O) groups excluding carboxylic acids is 1. The second-order valence-electron chi connectivity index (χ2n) is 8.66. The Hall–Kier alpha value is -2.99. The highest BCUT2D eigenvalue weighted by Gasteiger charge is 2.34. The van der Waals surface area contributed by atoms with E-state index in [1.165, 1.54) is 0 Å². The number of aromatic nitrogens is 2. The molecule has 0 saturated heterocycles. The second-order valence-corrected chi connectivity index (χ2v) is 8.66. The van der Waals surface area contributed by atoms with E-state index in [-0.39, 0.29) is 36.5 Å². The molecule has 0 fully saturated rings. The maximum Gasteiger partial charge on any atom is 0.259 e. The minimum atomic E-state index is -0.787. The molecule has 0 aliphatic carbocycles. The first-order valence-electron chi connectivity index (χ1n) is 11.1. The number of ether oxygens (including phenoxy) is 1. The smallest absolute Gasteiger partial charge is 0.259 e. The fraction of sp³-hybridized carbons (Fsp3) is 0.480. The number of aliphatic hydroxyl groups is 2. The third-order valence-corrected chi connectivity index (χ3v) is 5.60. The van der Waals surface area contributed by atoms with Crippen LogP contribution in [0.15, 0.2) is 36.7 Å². The Labute approximate surface area is 195 Å². The van der Waals surface area contributed by atoms with Crippen molar-refractivity contribution in [2.45, 2.75) is 45.6 Å². The Balaban J connectivity index is 1.91. The topological polar surface area (TPSA) is 99.0 Å². The van der Waals surface area contributed by atoms with Crippen molar-refractivity contribution in [1.82, 2.24) is 19.8 Å². The molecule has 0 radical (unpaired) electrons. The molecule has 0 spiro atoms. The van der Waals surface area contributed by atoms with Gasteiger partial charge in [0.15, 0.2) is 0 Å². The summed E-state index contributed by atoms with van der Waals surface area (Å²) < 4.78 is 6.29. The molecule has 176 valence electrons. The fourth-order valence-corrected chi connectivity index (χ4v) is 3.72. The van der Waals surface area contributed by atoms with Crippen LogP contribution in [0.5, 0.6) is 5.88 Å². The third-order valence-electron chi connectivity index (χ3n) is 5.60. The van der Waals surface area contributed by atoms with E-state index in [4.69, 9.17) is 4.74 Å². The molecule has 0 saturated carbocycles. The van der Waals surface area contributed by atoms with Crippen molar-refractivity contribution >= 4 is 5.91 Å². The minimum Gasteiger partial charge on any atom is -0.472 e. The van der Waals surface area contributed by atoms with Gasteiger partial charge in [-0.05, 0) is 39.1 Å². The average Bonchev–Trinajstić information content (AvgIpc) is 2.80. The van der Waals surface area contributed by atoms with Crippen LogP contribution in [0.4, 0.5) is 0 Å². The van der Waals surface area contributed by atoms with Crippen molar-refractivity contribution in [3.05, 3.63) is 53.5 Å². The second kappa shape index (κ2) is 11.2. The van der Waals surface area contributed by atoms with E-state index in [1.807, 2.05) is 39.1 Å². The number of hydrogen-bond donors (Lipinski definition) is 2. The number of rotatable bonds is 6. The molecule has 2 N–H and O–H groups in total. The maximum atomic E-state index is 13.4. The number of pyridine rings is 2. The van der Waals surface area contributed by atoms with Crippen molar-refractivity contribution in [2.75, 3.05) is 26.7 Å². The van der Waals surface area contributed by atoms with Gasteiger partial charge < -0.3 is 19.8 Å². The van der Waals surface area contributed by atoms with Gasteiger partial charge in [0.2, 0.25) is 5.88 Å². The summed E-state index contributed by atoms with van der Waals surface area (Å²) >= 11 is 0. The van der Waals surface area contributed by atoms with E-state index in [0.717, 1.165) is 5.69 Å². The van der Waals surface area contributed by atoms with Crippen LogP contribution < -0.4 is 4.74 Å². The zero-order valence-corrected chi connectivity index (χ0v) is 19.6. The molecule has 2 aromatic rings. The molecular formula is C25H32N4O4. The van der Waals surface area contributed by atoms with Crippen LogP contribution in [0.25, 0.3) is 0 Å². The summed E-state index contributed by atoms with van der Waals surface area (Å²) in [6.07, 6.45) is 2.30. The lowest BCUT2D eigenvalue weighted by Gasteiger charge is -2.37. The standard InChI is InChI=1S/C25H32N4O4/c1-17-13-29(18(2)16-30)25(32)22-11-20(9-8-19(3)31)12-27-24(22)33-23(17)15-28(4)14-21-7-5-6-10-26-21/h5-7,10-12,17-19,23,30-31H,13-16H2,1-4H3/t17-,18+,19-,23+/m1/s1. The Morgan fingerprint density at radius 1 is 1.33 bits per heavy atom. The number of amides is 1. The number of aliphatic hydroxyl groups excluding tert-OH is 2. The average molecular weight is 453 g/mol. The molecular weight excluding hydrogens is 420 g/mol. The summed E-state index contributed by atoms with van der Waals surface area (Å²) in [7, 11) is 2.01. The molecule has 1 aliphatic heterocycles. The molecule has 4 atom stereocenters. The van der Waals surface area contributed by atoms with E-state index >= 15 is 0 Å². The number of nitrogens with zero attached hydrogens (tertiary/aromatic N) is 4. The van der Waals surface area contributed by atoms with Gasteiger partial charge in [-0.15, -0.1) is 0 Å². The predicted octanol–water partition coefficient (Wildman–Crippen LogP) is 1.56. The Morgan fingerprint density at radius 3 is 2.79 bits per heavy atom. The van der Waals surface area contributed by atoms with Crippen LogP contribution in [-0.4, -0.2) is 80.9 Å². The van der Waals surface area contributed by atoms with Crippen molar-refractivity contribution in [3.8, 4) is 17.7 Å². The minimum absolute atomic E-state index is 0.00112. The number of likely N-dealkylation sites (N-methyl/N-ethyl adjacent to an activating group) is 1. The van der Waals surface area contributed by atoms with Crippen LogP contribution in [0.3, 0.4) is 0 Å². The SMILES string of the molecule is C[C@@H]1CN([C@@H](C)CO)C(=O)c2cc(C#C[C@@H](C)O)cnc2O[C@H]1CN(C)Cc1ccccn1. The molecule has 1 amide bonds. The van der Waals surface area contributed by atoms with Gasteiger partial charge in [-0.3, -0.25) is 14.7 Å². The lowest BCUT2D eigenvalue weighted by Crippen LogP contribution is -2.49. The molecule has 8 nitrogen and oxygen atoms in total. The van der Waals surface area contributed by atoms with Gasteiger partial charge in [0.05, 0.1) is 18.3 Å². The Morgan fingerprint density at radius 2 is 2.12 bits per heavy atom. The van der Waals surface area contributed by atoms with Crippen molar-refractivity contribution in [1.29, 1.82) is 0 Å². The summed E-state index contributed by atoms with van der Waals surface area (Å²) in [5.41, 5.74) is 1.78. The zero-order valence-electron chi connectivity index (χ0n) is 19.6. The van der Waals surface area contributed by atoms with Gasteiger partial charge in [0, 0.05) is 43.5 Å². The molecule has 2 aromatic heterocycles. The Bertz CT molecular complexity index is 1000. The Kier molecular flexibility index (Phi) is 8.39. The summed E-state index contributed by atoms with van der Waals surface area (Å²) in [6.45, 7) is 6.99. The highest BCUT2D eigenvalue weighted by atomic mass is 16.5. The molecule has 3 rings (SSSR count). The van der Waals surface area contributed by atoms with Gasteiger partial charge in [-0.25, -0.2) is 4.98 Å². The molecule has 0 aromatic carbocycles. The summed E-state index contributed by atoms with van der Waals surface area (Å²) in [5, 5.41) is 19.2. The first-order chi connectivity index (χ1) is 15.8. The van der Waals surface area contributed by atoms with E-state index in [1.54, 1.807) is 30.3 Å². The quantitative estimate of drug-likeness (QED) is 0.642. The largest absolute Gasteiger partial charge is 0.472 e. The van der Waals surface area contributed by atoms with Crippen LogP contribution >= 0.6 is 0 Å². The third kappa shape index (κ3) is 6.51. The first-order valence-corrected chi connectivity index (χ1v) is 11.1. The van der Waals surface area contributed by atoms with Gasteiger partial charge >= 0.3 is 0 Å². The highest BCUT2D eigenvalue weighted by molar-refractivity contribution is 5.97. The van der Waals surface area contributed by atoms with Crippen LogP contribution in [-0.2, 0) is 6.54 Å². The number of fused-ring (bicyclic) bond motifs is 1. The van der Waals surface area contributed by atoms with Crippen molar-refractivity contribution in [2.24, 2.45) is 5.92 Å². The monoisotopic (exact) mass is 452 g/mol. The first kappa shape index (κ1) is 24.6. The van der Waals surface area contributed by atoms with Gasteiger partial charge in [-0.2, -0.15) is 0 Å².